The van der Waals surface area contributed by atoms with Crippen LogP contribution in [0.1, 0.15) is 33.0 Å². The van der Waals surface area contributed by atoms with E-state index in [2.05, 4.69) is 46.5 Å². The summed E-state index contributed by atoms with van der Waals surface area (Å²) in [6.07, 6.45) is 2.68. The minimum Gasteiger partial charge on any atom is -0.357 e. The van der Waals surface area contributed by atoms with Crippen molar-refractivity contribution in [2.45, 2.75) is 33.7 Å². The molecule has 0 aromatic carbocycles. The lowest BCUT2D eigenvalue weighted by molar-refractivity contribution is 0.573. The van der Waals surface area contributed by atoms with E-state index >= 15 is 0 Å². The summed E-state index contributed by atoms with van der Waals surface area (Å²) >= 11 is 0. The Morgan fingerprint density at radius 2 is 2.22 bits per heavy atom. The second kappa shape index (κ2) is 7.68. The Morgan fingerprint density at radius 1 is 1.44 bits per heavy atom. The molecule has 6 heteroatoms. The lowest BCUT2D eigenvalue weighted by Crippen LogP contribution is -2.38. The zero-order chi connectivity index (χ0) is 13.4. The molecule has 0 radical (unpaired) electrons. The number of guanidine groups is 1. The lowest BCUT2D eigenvalue weighted by atomic mass is 10.1. The molecule has 0 saturated carbocycles. The van der Waals surface area contributed by atoms with E-state index in [0.717, 1.165) is 31.3 Å². The molecule has 0 atom stereocenters. The fourth-order valence-corrected chi connectivity index (χ4v) is 1.43. The number of hydrogen-bond acceptors (Lipinski definition) is 3. The standard InChI is InChI=1S/C12H24N6/c1-5-13-12(14-7-6-10(2)3)15-8-11-16-9-17-18(11)4/h9-10H,5-8H2,1-4H3,(H2,13,14,15). The van der Waals surface area contributed by atoms with Gasteiger partial charge >= 0.3 is 0 Å². The number of hydrogen-bond donors (Lipinski definition) is 2. The highest BCUT2D eigenvalue weighted by Gasteiger charge is 2.01. The quantitative estimate of drug-likeness (QED) is 0.583. The van der Waals surface area contributed by atoms with Gasteiger partial charge in [-0.2, -0.15) is 5.10 Å². The van der Waals surface area contributed by atoms with Crippen molar-refractivity contribution in [3.05, 3.63) is 12.2 Å². The number of rotatable bonds is 6. The molecule has 0 amide bonds. The van der Waals surface area contributed by atoms with E-state index in [4.69, 9.17) is 0 Å². The minimum atomic E-state index is 0.535. The molecule has 0 saturated heterocycles. The predicted molar refractivity (Wildman–Crippen MR) is 73.3 cm³/mol. The molecule has 1 rings (SSSR count). The Morgan fingerprint density at radius 3 is 2.78 bits per heavy atom. The highest BCUT2D eigenvalue weighted by molar-refractivity contribution is 5.79. The molecule has 1 aromatic rings. The van der Waals surface area contributed by atoms with Gasteiger partial charge in [-0.05, 0) is 19.3 Å². The molecule has 0 unspecified atom stereocenters. The number of aliphatic imine (C=N–C) groups is 1. The number of nitrogens with one attached hydrogen (secondary N) is 2. The van der Waals surface area contributed by atoms with Crippen LogP contribution in [0.3, 0.4) is 0 Å². The van der Waals surface area contributed by atoms with E-state index in [1.165, 1.54) is 0 Å². The molecule has 0 fully saturated rings. The maximum Gasteiger partial charge on any atom is 0.191 e. The first-order chi connectivity index (χ1) is 8.63. The van der Waals surface area contributed by atoms with E-state index in [0.29, 0.717) is 12.5 Å². The van der Waals surface area contributed by atoms with Gasteiger partial charge in [-0.25, -0.2) is 9.98 Å². The first-order valence-electron chi connectivity index (χ1n) is 6.48. The summed E-state index contributed by atoms with van der Waals surface area (Å²) in [4.78, 5) is 8.63. The molecule has 0 aliphatic carbocycles. The van der Waals surface area contributed by atoms with Gasteiger partial charge in [-0.15, -0.1) is 0 Å². The second-order valence-electron chi connectivity index (χ2n) is 4.60. The van der Waals surface area contributed by atoms with Crippen LogP contribution in [0.15, 0.2) is 11.3 Å². The molecular formula is C12H24N6. The Hall–Kier alpha value is -1.59. The van der Waals surface area contributed by atoms with Crippen molar-refractivity contribution >= 4 is 5.96 Å². The van der Waals surface area contributed by atoms with Crippen LogP contribution in [-0.4, -0.2) is 33.8 Å². The van der Waals surface area contributed by atoms with E-state index < -0.39 is 0 Å². The summed E-state index contributed by atoms with van der Waals surface area (Å²) in [6.45, 7) is 8.81. The van der Waals surface area contributed by atoms with Gasteiger partial charge in [-0.3, -0.25) is 4.68 Å². The average Bonchev–Trinajstić information content (AvgIpc) is 2.71. The topological polar surface area (TPSA) is 67.1 Å². The van der Waals surface area contributed by atoms with E-state index in [9.17, 15) is 0 Å². The lowest BCUT2D eigenvalue weighted by Gasteiger charge is -2.12. The average molecular weight is 252 g/mol. The molecule has 1 aromatic heterocycles. The van der Waals surface area contributed by atoms with E-state index in [-0.39, 0.29) is 0 Å². The summed E-state index contributed by atoms with van der Waals surface area (Å²) in [5.41, 5.74) is 0. The summed E-state index contributed by atoms with van der Waals surface area (Å²) in [5, 5.41) is 10.6. The molecular weight excluding hydrogens is 228 g/mol. The summed E-state index contributed by atoms with van der Waals surface area (Å²) in [5.74, 6) is 2.39. The van der Waals surface area contributed by atoms with E-state index in [1.54, 1.807) is 11.0 Å². The Labute approximate surface area is 109 Å². The van der Waals surface area contributed by atoms with Crippen molar-refractivity contribution in [1.82, 2.24) is 25.4 Å². The van der Waals surface area contributed by atoms with Gasteiger partial charge < -0.3 is 10.6 Å². The molecule has 102 valence electrons. The normalized spacial score (nSPS) is 11.9. The Balaban J connectivity index is 2.47. The Bertz CT molecular complexity index is 368. The van der Waals surface area contributed by atoms with Gasteiger partial charge in [0, 0.05) is 20.1 Å². The van der Waals surface area contributed by atoms with E-state index in [1.807, 2.05) is 7.05 Å². The largest absolute Gasteiger partial charge is 0.357 e. The zero-order valence-corrected chi connectivity index (χ0v) is 11.8. The number of aromatic nitrogens is 3. The van der Waals surface area contributed by atoms with Crippen molar-refractivity contribution < 1.29 is 0 Å². The van der Waals surface area contributed by atoms with Crippen LogP contribution >= 0.6 is 0 Å². The van der Waals surface area contributed by atoms with Crippen molar-refractivity contribution in [3.63, 3.8) is 0 Å². The summed E-state index contributed by atoms with van der Waals surface area (Å²) in [6, 6.07) is 0. The molecule has 0 spiro atoms. The monoisotopic (exact) mass is 252 g/mol. The second-order valence-corrected chi connectivity index (χ2v) is 4.60. The van der Waals surface area contributed by atoms with Crippen molar-refractivity contribution in [3.8, 4) is 0 Å². The SMILES string of the molecule is CCNC(=NCc1ncnn1C)NCCC(C)C. The van der Waals surface area contributed by atoms with Gasteiger partial charge in [0.2, 0.25) is 0 Å². The van der Waals surface area contributed by atoms with Gasteiger partial charge in [0.25, 0.3) is 0 Å². The Kier molecular flexibility index (Phi) is 6.18. The van der Waals surface area contributed by atoms with Crippen molar-refractivity contribution in [1.29, 1.82) is 0 Å². The number of nitrogens with zero attached hydrogens (tertiary/aromatic N) is 4. The third kappa shape index (κ3) is 5.16. The molecule has 2 N–H and O–H groups in total. The molecule has 0 bridgehead atoms. The van der Waals surface area contributed by atoms with Crippen LogP contribution in [0, 0.1) is 5.92 Å². The molecule has 1 heterocycles. The first kappa shape index (κ1) is 14.5. The van der Waals surface area contributed by atoms with Gasteiger partial charge in [0.15, 0.2) is 5.96 Å². The maximum absolute atomic E-state index is 4.48. The highest BCUT2D eigenvalue weighted by atomic mass is 15.3. The smallest absolute Gasteiger partial charge is 0.191 e. The zero-order valence-electron chi connectivity index (χ0n) is 11.8. The van der Waals surface area contributed by atoms with Crippen LogP contribution in [0.4, 0.5) is 0 Å². The number of aryl methyl sites for hydroxylation is 1. The van der Waals surface area contributed by atoms with Gasteiger partial charge in [0.05, 0.1) is 0 Å². The molecule has 18 heavy (non-hydrogen) atoms. The first-order valence-corrected chi connectivity index (χ1v) is 6.48. The van der Waals surface area contributed by atoms with Crippen LogP contribution in [-0.2, 0) is 13.6 Å². The predicted octanol–water partition coefficient (Wildman–Crippen LogP) is 0.916. The van der Waals surface area contributed by atoms with Gasteiger partial charge in [0.1, 0.15) is 18.7 Å². The van der Waals surface area contributed by atoms with Crippen LogP contribution in [0.2, 0.25) is 0 Å². The maximum atomic E-state index is 4.48. The van der Waals surface area contributed by atoms with Crippen molar-refractivity contribution in [2.24, 2.45) is 18.0 Å². The van der Waals surface area contributed by atoms with Crippen molar-refractivity contribution in [2.75, 3.05) is 13.1 Å². The fourth-order valence-electron chi connectivity index (χ4n) is 1.43. The molecule has 6 nitrogen and oxygen atoms in total. The molecule has 0 aliphatic rings. The fraction of sp³-hybridized carbons (Fsp3) is 0.750. The highest BCUT2D eigenvalue weighted by Crippen LogP contribution is 1.97. The van der Waals surface area contributed by atoms with Crippen LogP contribution in [0.25, 0.3) is 0 Å². The summed E-state index contributed by atoms with van der Waals surface area (Å²) in [7, 11) is 1.87. The van der Waals surface area contributed by atoms with Crippen LogP contribution < -0.4 is 10.6 Å². The van der Waals surface area contributed by atoms with Gasteiger partial charge in [-0.1, -0.05) is 13.8 Å². The third-order valence-corrected chi connectivity index (χ3v) is 2.54. The third-order valence-electron chi connectivity index (χ3n) is 2.54. The van der Waals surface area contributed by atoms with Crippen LogP contribution in [0.5, 0.6) is 0 Å². The molecule has 0 aliphatic heterocycles. The minimum absolute atomic E-state index is 0.535. The summed E-state index contributed by atoms with van der Waals surface area (Å²) < 4.78 is 1.74.